The zero-order valence-corrected chi connectivity index (χ0v) is 20.4. The van der Waals surface area contributed by atoms with E-state index in [4.69, 9.17) is 9.26 Å². The number of carbonyl (C=O) groups excluding carboxylic acids is 1. The van der Waals surface area contributed by atoms with Crippen LogP contribution in [0.3, 0.4) is 0 Å². The van der Waals surface area contributed by atoms with Crippen LogP contribution in [0.15, 0.2) is 51.9 Å². The number of sulfonamides is 1. The highest BCUT2D eigenvalue weighted by Gasteiger charge is 2.24. The molecule has 0 aliphatic heterocycles. The Morgan fingerprint density at radius 2 is 1.79 bits per heavy atom. The van der Waals surface area contributed by atoms with E-state index in [9.17, 15) is 17.6 Å². The molecule has 34 heavy (non-hydrogen) atoms. The van der Waals surface area contributed by atoms with E-state index in [1.165, 1.54) is 46.8 Å². The minimum absolute atomic E-state index is 0.0312. The Bertz CT molecular complexity index is 1230. The first kappa shape index (κ1) is 25.4. The number of hydrogen-bond donors (Lipinski definition) is 1. The average molecular weight is 490 g/mol. The van der Waals surface area contributed by atoms with Gasteiger partial charge in [0.1, 0.15) is 17.3 Å². The van der Waals surface area contributed by atoms with E-state index in [0.717, 1.165) is 11.3 Å². The number of nitrogens with one attached hydrogen (secondary N) is 1. The molecule has 8 nitrogen and oxygen atoms in total. The van der Waals surface area contributed by atoms with Crippen LogP contribution in [0, 0.1) is 19.7 Å². The van der Waals surface area contributed by atoms with E-state index < -0.39 is 15.8 Å². The van der Waals surface area contributed by atoms with Crippen LogP contribution in [0.2, 0.25) is 0 Å². The monoisotopic (exact) mass is 489 g/mol. The van der Waals surface area contributed by atoms with Gasteiger partial charge in [-0.05, 0) is 62.7 Å². The molecule has 3 rings (SSSR count). The predicted octanol–water partition coefficient (Wildman–Crippen LogP) is 4.82. The van der Waals surface area contributed by atoms with Gasteiger partial charge in [-0.3, -0.25) is 4.79 Å². The minimum Gasteiger partial charge on any atom is -0.455 e. The quantitative estimate of drug-likeness (QED) is 0.438. The molecule has 1 heterocycles. The van der Waals surface area contributed by atoms with Crippen molar-refractivity contribution in [2.75, 3.05) is 18.4 Å². The van der Waals surface area contributed by atoms with Crippen LogP contribution in [0.5, 0.6) is 11.5 Å². The van der Waals surface area contributed by atoms with E-state index in [2.05, 4.69) is 10.5 Å². The molecular weight excluding hydrogens is 461 g/mol. The maximum Gasteiger partial charge on any atom is 0.243 e. The Morgan fingerprint density at radius 1 is 1.12 bits per heavy atom. The van der Waals surface area contributed by atoms with Crippen molar-refractivity contribution < 1.29 is 26.9 Å². The minimum atomic E-state index is -3.76. The number of benzene rings is 2. The third-order valence-electron chi connectivity index (χ3n) is 5.39. The first-order chi connectivity index (χ1) is 16.1. The lowest BCUT2D eigenvalue weighted by Gasteiger charge is -2.20. The molecule has 1 aromatic heterocycles. The smallest absolute Gasteiger partial charge is 0.243 e. The van der Waals surface area contributed by atoms with E-state index in [1.807, 2.05) is 0 Å². The lowest BCUT2D eigenvalue weighted by atomic mass is 10.1. The summed E-state index contributed by atoms with van der Waals surface area (Å²) in [6, 6.07) is 9.65. The number of aryl methyl sites for hydroxylation is 2. The molecule has 0 unspecified atom stereocenters. The molecule has 3 aromatic rings. The van der Waals surface area contributed by atoms with Crippen LogP contribution >= 0.6 is 0 Å². The molecule has 0 aliphatic rings. The van der Waals surface area contributed by atoms with Gasteiger partial charge < -0.3 is 14.6 Å². The largest absolute Gasteiger partial charge is 0.455 e. The lowest BCUT2D eigenvalue weighted by Crippen LogP contribution is -2.30. The van der Waals surface area contributed by atoms with E-state index in [-0.39, 0.29) is 28.7 Å². The molecule has 0 aliphatic carbocycles. The molecule has 0 atom stereocenters. The second kappa shape index (κ2) is 10.8. The normalized spacial score (nSPS) is 11.6. The van der Waals surface area contributed by atoms with E-state index in [1.54, 1.807) is 27.7 Å². The third-order valence-corrected chi connectivity index (χ3v) is 7.44. The zero-order valence-electron chi connectivity index (χ0n) is 19.6. The van der Waals surface area contributed by atoms with Crippen LogP contribution in [-0.2, 0) is 21.2 Å². The highest BCUT2D eigenvalue weighted by molar-refractivity contribution is 7.89. The number of carbonyl (C=O) groups is 1. The summed E-state index contributed by atoms with van der Waals surface area (Å²) in [7, 11) is -3.76. The topological polar surface area (TPSA) is 102 Å². The summed E-state index contributed by atoms with van der Waals surface area (Å²) >= 11 is 0. The number of hydrogen-bond acceptors (Lipinski definition) is 6. The standard InChI is InChI=1S/C24H28FN3O5S/c1-5-28(6-2)34(30,31)20-11-13-23(32-19-9-7-18(25)8-10-19)22(15-20)26-24(29)14-12-21-16(3)27-33-17(21)4/h7-11,13,15H,5-6,12,14H2,1-4H3,(H,26,29). The molecule has 2 aromatic carbocycles. The van der Waals surface area contributed by atoms with Crippen molar-refractivity contribution in [1.29, 1.82) is 0 Å². The molecule has 1 amide bonds. The summed E-state index contributed by atoms with van der Waals surface area (Å²) in [5.41, 5.74) is 1.77. The fraction of sp³-hybridized carbons (Fsp3) is 0.333. The number of ether oxygens (including phenoxy) is 1. The Morgan fingerprint density at radius 3 is 2.38 bits per heavy atom. The van der Waals surface area contributed by atoms with Crippen molar-refractivity contribution in [3.05, 3.63) is 65.3 Å². The maximum absolute atomic E-state index is 13.3. The van der Waals surface area contributed by atoms with Crippen molar-refractivity contribution in [1.82, 2.24) is 9.46 Å². The van der Waals surface area contributed by atoms with Gasteiger partial charge in [-0.2, -0.15) is 4.31 Å². The zero-order chi connectivity index (χ0) is 24.9. The molecule has 0 saturated heterocycles. The molecule has 0 saturated carbocycles. The SMILES string of the molecule is CCN(CC)S(=O)(=O)c1ccc(Oc2ccc(F)cc2)c(NC(=O)CCc2c(C)noc2C)c1. The fourth-order valence-electron chi connectivity index (χ4n) is 3.51. The van der Waals surface area contributed by atoms with Gasteiger partial charge in [-0.25, -0.2) is 12.8 Å². The summed E-state index contributed by atoms with van der Waals surface area (Å²) in [5, 5.41) is 6.65. The summed E-state index contributed by atoms with van der Waals surface area (Å²) in [6.07, 6.45) is 0.546. The van der Waals surface area contributed by atoms with Gasteiger partial charge in [-0.1, -0.05) is 19.0 Å². The van der Waals surface area contributed by atoms with Gasteiger partial charge in [0.2, 0.25) is 15.9 Å². The highest BCUT2D eigenvalue weighted by Crippen LogP contribution is 2.33. The van der Waals surface area contributed by atoms with Crippen molar-refractivity contribution in [2.45, 2.75) is 45.4 Å². The van der Waals surface area contributed by atoms with Gasteiger partial charge >= 0.3 is 0 Å². The van der Waals surface area contributed by atoms with Gasteiger partial charge in [-0.15, -0.1) is 0 Å². The summed E-state index contributed by atoms with van der Waals surface area (Å²) in [5.74, 6) is 0.475. The van der Waals surface area contributed by atoms with Crippen molar-refractivity contribution in [3.8, 4) is 11.5 Å². The van der Waals surface area contributed by atoms with Gasteiger partial charge in [0.25, 0.3) is 0 Å². The predicted molar refractivity (Wildman–Crippen MR) is 126 cm³/mol. The Hall–Kier alpha value is -3.24. The van der Waals surface area contributed by atoms with E-state index >= 15 is 0 Å². The van der Waals surface area contributed by atoms with Crippen LogP contribution in [-0.4, -0.2) is 36.9 Å². The highest BCUT2D eigenvalue weighted by atomic mass is 32.2. The van der Waals surface area contributed by atoms with Crippen molar-refractivity contribution in [3.63, 3.8) is 0 Å². The molecule has 1 N–H and O–H groups in total. The number of nitrogens with zero attached hydrogens (tertiary/aromatic N) is 2. The lowest BCUT2D eigenvalue weighted by molar-refractivity contribution is -0.116. The second-order valence-corrected chi connectivity index (χ2v) is 9.59. The van der Waals surface area contributed by atoms with Crippen LogP contribution in [0.25, 0.3) is 0 Å². The molecule has 0 bridgehead atoms. The maximum atomic E-state index is 13.3. The Labute approximate surface area is 198 Å². The molecule has 0 radical (unpaired) electrons. The number of anilines is 1. The van der Waals surface area contributed by atoms with E-state index in [0.29, 0.717) is 31.0 Å². The van der Waals surface area contributed by atoms with Crippen LogP contribution in [0.4, 0.5) is 10.1 Å². The number of aromatic nitrogens is 1. The van der Waals surface area contributed by atoms with Gasteiger partial charge in [0, 0.05) is 25.1 Å². The summed E-state index contributed by atoms with van der Waals surface area (Å²) in [6.45, 7) is 7.72. The van der Waals surface area contributed by atoms with Crippen LogP contribution < -0.4 is 10.1 Å². The van der Waals surface area contributed by atoms with Gasteiger partial charge in [0.05, 0.1) is 16.3 Å². The first-order valence-electron chi connectivity index (χ1n) is 10.9. The summed E-state index contributed by atoms with van der Waals surface area (Å²) < 4.78 is 51.6. The van der Waals surface area contributed by atoms with Crippen LogP contribution in [0.1, 0.15) is 37.3 Å². The average Bonchev–Trinajstić information content (AvgIpc) is 3.12. The molecule has 10 heteroatoms. The van der Waals surface area contributed by atoms with Crippen molar-refractivity contribution in [2.24, 2.45) is 0 Å². The van der Waals surface area contributed by atoms with Crippen molar-refractivity contribution >= 4 is 21.6 Å². The van der Waals surface area contributed by atoms with Gasteiger partial charge in [0.15, 0.2) is 5.75 Å². The molecule has 182 valence electrons. The molecule has 0 fully saturated rings. The fourth-order valence-corrected chi connectivity index (χ4v) is 4.99. The number of halogens is 1. The molecule has 0 spiro atoms. The Kier molecular flexibility index (Phi) is 8.06. The third kappa shape index (κ3) is 5.81. The number of rotatable bonds is 10. The number of amides is 1. The second-order valence-electron chi connectivity index (χ2n) is 7.65. The summed E-state index contributed by atoms with van der Waals surface area (Å²) in [4.78, 5) is 12.8. The first-order valence-corrected chi connectivity index (χ1v) is 12.4. The Balaban J connectivity index is 1.89. The molecular formula is C24H28FN3O5S.